The van der Waals surface area contributed by atoms with Gasteiger partial charge in [0.15, 0.2) is 5.78 Å². The van der Waals surface area contributed by atoms with E-state index < -0.39 is 6.04 Å². The number of hydrogen-bond donors (Lipinski definition) is 0. The molecule has 4 nitrogen and oxygen atoms in total. The molecular weight excluding hydrogens is 423 g/mol. The van der Waals surface area contributed by atoms with E-state index in [1.807, 2.05) is 24.3 Å². The van der Waals surface area contributed by atoms with Crippen LogP contribution in [0.15, 0.2) is 63.9 Å². The number of carbonyl (C=O) groups is 1. The SMILES string of the molecule is Cc1cc(Cc2ccc(F)cc2)c(=O)n(C(C)C(=O)Cc2ccc(Br)cc2)n1. The summed E-state index contributed by atoms with van der Waals surface area (Å²) in [5, 5.41) is 4.28. The molecule has 3 aromatic rings. The van der Waals surface area contributed by atoms with Gasteiger partial charge in [-0.25, -0.2) is 9.07 Å². The van der Waals surface area contributed by atoms with Gasteiger partial charge in [0.2, 0.25) is 0 Å². The first-order valence-corrected chi connectivity index (χ1v) is 9.73. The summed E-state index contributed by atoms with van der Waals surface area (Å²) >= 11 is 3.37. The molecule has 6 heteroatoms. The van der Waals surface area contributed by atoms with Crippen molar-refractivity contribution < 1.29 is 9.18 Å². The molecule has 28 heavy (non-hydrogen) atoms. The van der Waals surface area contributed by atoms with E-state index in [0.717, 1.165) is 15.6 Å². The van der Waals surface area contributed by atoms with Crippen molar-refractivity contribution in [3.8, 4) is 0 Å². The quantitative estimate of drug-likeness (QED) is 0.567. The normalized spacial score (nSPS) is 12.0. The molecular formula is C22H20BrFN2O2. The van der Waals surface area contributed by atoms with Gasteiger partial charge in [-0.15, -0.1) is 0 Å². The number of carbonyl (C=O) groups excluding carboxylic acids is 1. The largest absolute Gasteiger partial charge is 0.297 e. The Hall–Kier alpha value is -2.60. The molecule has 0 saturated heterocycles. The van der Waals surface area contributed by atoms with Crippen LogP contribution >= 0.6 is 15.9 Å². The molecule has 0 aliphatic rings. The summed E-state index contributed by atoms with van der Waals surface area (Å²) in [5.41, 5.74) is 2.59. The van der Waals surface area contributed by atoms with Crippen LogP contribution in [-0.2, 0) is 17.6 Å². The van der Waals surface area contributed by atoms with Crippen molar-refractivity contribution in [1.29, 1.82) is 0 Å². The Morgan fingerprint density at radius 1 is 1.11 bits per heavy atom. The maximum Gasteiger partial charge on any atom is 0.270 e. The topological polar surface area (TPSA) is 52.0 Å². The monoisotopic (exact) mass is 442 g/mol. The third kappa shape index (κ3) is 4.81. The molecule has 0 bridgehead atoms. The lowest BCUT2D eigenvalue weighted by molar-refractivity contribution is -0.121. The third-order valence-electron chi connectivity index (χ3n) is 4.56. The lowest BCUT2D eigenvalue weighted by Gasteiger charge is -2.15. The van der Waals surface area contributed by atoms with Crippen LogP contribution in [0.3, 0.4) is 0 Å². The molecule has 1 unspecified atom stereocenters. The number of aryl methyl sites for hydroxylation is 1. The number of rotatable bonds is 6. The van der Waals surface area contributed by atoms with Gasteiger partial charge in [0, 0.05) is 22.9 Å². The van der Waals surface area contributed by atoms with Gasteiger partial charge in [0.05, 0.1) is 5.69 Å². The van der Waals surface area contributed by atoms with Crippen LogP contribution in [0.25, 0.3) is 0 Å². The molecule has 3 rings (SSSR count). The van der Waals surface area contributed by atoms with Crippen LogP contribution in [0.1, 0.15) is 35.3 Å². The zero-order chi connectivity index (χ0) is 20.3. The fourth-order valence-electron chi connectivity index (χ4n) is 3.00. The predicted molar refractivity (Wildman–Crippen MR) is 110 cm³/mol. The molecule has 0 N–H and O–H groups in total. The van der Waals surface area contributed by atoms with Crippen molar-refractivity contribution in [2.45, 2.75) is 32.7 Å². The van der Waals surface area contributed by atoms with Crippen molar-refractivity contribution in [1.82, 2.24) is 9.78 Å². The average molecular weight is 443 g/mol. The first-order valence-electron chi connectivity index (χ1n) is 8.94. The van der Waals surface area contributed by atoms with Gasteiger partial charge >= 0.3 is 0 Å². The Balaban J connectivity index is 1.85. The van der Waals surface area contributed by atoms with Gasteiger partial charge in [0.25, 0.3) is 5.56 Å². The minimum Gasteiger partial charge on any atom is -0.297 e. The average Bonchev–Trinajstić information content (AvgIpc) is 2.67. The summed E-state index contributed by atoms with van der Waals surface area (Å²) in [5.74, 6) is -0.408. The molecule has 144 valence electrons. The molecule has 0 aliphatic heterocycles. The highest BCUT2D eigenvalue weighted by molar-refractivity contribution is 9.10. The van der Waals surface area contributed by atoms with Crippen LogP contribution in [0.4, 0.5) is 4.39 Å². The second-order valence-electron chi connectivity index (χ2n) is 6.81. The molecule has 0 amide bonds. The molecule has 1 atom stereocenters. The highest BCUT2D eigenvalue weighted by Gasteiger charge is 2.20. The minimum absolute atomic E-state index is 0.0877. The van der Waals surface area contributed by atoms with Crippen molar-refractivity contribution in [3.63, 3.8) is 0 Å². The summed E-state index contributed by atoms with van der Waals surface area (Å²) < 4.78 is 15.3. The predicted octanol–water partition coefficient (Wildman–Crippen LogP) is 4.42. The molecule has 1 heterocycles. The number of Topliss-reactive ketones (excluding diaryl/α,β-unsaturated/α-hetero) is 1. The standard InChI is InChI=1S/C22H20BrFN2O2/c1-14-11-18(12-16-5-9-20(24)10-6-16)22(28)26(25-14)15(2)21(27)13-17-3-7-19(23)8-4-17/h3-11,15H,12-13H2,1-2H3. The van der Waals surface area contributed by atoms with Crippen LogP contribution in [0.2, 0.25) is 0 Å². The molecule has 0 saturated carbocycles. The van der Waals surface area contributed by atoms with Gasteiger partial charge in [-0.1, -0.05) is 40.2 Å². The zero-order valence-corrected chi connectivity index (χ0v) is 17.2. The number of halogens is 2. The highest BCUT2D eigenvalue weighted by Crippen LogP contribution is 2.15. The fraction of sp³-hybridized carbons (Fsp3) is 0.227. The van der Waals surface area contributed by atoms with Crippen molar-refractivity contribution in [2.24, 2.45) is 0 Å². The van der Waals surface area contributed by atoms with Gasteiger partial charge in [0.1, 0.15) is 11.9 Å². The van der Waals surface area contributed by atoms with Crippen LogP contribution in [-0.4, -0.2) is 15.6 Å². The molecule has 1 aromatic heterocycles. The second-order valence-corrected chi connectivity index (χ2v) is 7.73. The van der Waals surface area contributed by atoms with Crippen LogP contribution in [0, 0.1) is 12.7 Å². The number of aromatic nitrogens is 2. The maximum absolute atomic E-state index is 13.1. The number of hydrogen-bond acceptors (Lipinski definition) is 3. The number of ketones is 1. The summed E-state index contributed by atoms with van der Waals surface area (Å²) in [6.45, 7) is 3.48. The van der Waals surface area contributed by atoms with E-state index in [-0.39, 0.29) is 23.6 Å². The molecule has 0 aliphatic carbocycles. The summed E-state index contributed by atoms with van der Waals surface area (Å²) in [7, 11) is 0. The molecule has 2 aromatic carbocycles. The van der Waals surface area contributed by atoms with Crippen LogP contribution < -0.4 is 5.56 Å². The van der Waals surface area contributed by atoms with E-state index in [9.17, 15) is 14.0 Å². The van der Waals surface area contributed by atoms with E-state index in [1.165, 1.54) is 16.8 Å². The van der Waals surface area contributed by atoms with Crippen molar-refractivity contribution >= 4 is 21.7 Å². The lowest BCUT2D eigenvalue weighted by Crippen LogP contribution is -2.33. The van der Waals surface area contributed by atoms with Crippen molar-refractivity contribution in [2.75, 3.05) is 0 Å². The summed E-state index contributed by atoms with van der Waals surface area (Å²) in [4.78, 5) is 25.6. The van der Waals surface area contributed by atoms with Crippen LogP contribution in [0.5, 0.6) is 0 Å². The summed E-state index contributed by atoms with van der Waals surface area (Å²) in [6, 6.07) is 14.6. The van der Waals surface area contributed by atoms with E-state index in [0.29, 0.717) is 17.7 Å². The van der Waals surface area contributed by atoms with Crippen molar-refractivity contribution in [3.05, 3.63) is 97.6 Å². The van der Waals surface area contributed by atoms with E-state index >= 15 is 0 Å². The Kier molecular flexibility index (Phi) is 6.19. The molecule has 0 radical (unpaired) electrons. The van der Waals surface area contributed by atoms with E-state index in [2.05, 4.69) is 21.0 Å². The number of benzene rings is 2. The van der Waals surface area contributed by atoms with Gasteiger partial charge in [-0.2, -0.15) is 5.10 Å². The highest BCUT2D eigenvalue weighted by atomic mass is 79.9. The van der Waals surface area contributed by atoms with Gasteiger partial charge in [-0.3, -0.25) is 9.59 Å². The van der Waals surface area contributed by atoms with Gasteiger partial charge < -0.3 is 0 Å². The number of nitrogens with zero attached hydrogens (tertiary/aromatic N) is 2. The zero-order valence-electron chi connectivity index (χ0n) is 15.7. The second kappa shape index (κ2) is 8.61. The summed E-state index contributed by atoms with van der Waals surface area (Å²) in [6.07, 6.45) is 0.583. The third-order valence-corrected chi connectivity index (χ3v) is 5.09. The maximum atomic E-state index is 13.1. The fourth-order valence-corrected chi connectivity index (χ4v) is 3.27. The van der Waals surface area contributed by atoms with E-state index in [4.69, 9.17) is 0 Å². The Labute approximate surface area is 171 Å². The molecule has 0 fully saturated rings. The first-order chi connectivity index (χ1) is 13.3. The Morgan fingerprint density at radius 2 is 1.71 bits per heavy atom. The molecule has 0 spiro atoms. The van der Waals surface area contributed by atoms with E-state index in [1.54, 1.807) is 32.0 Å². The Bertz CT molecular complexity index is 1040. The lowest BCUT2D eigenvalue weighted by atomic mass is 10.0. The first kappa shape index (κ1) is 20.1. The Morgan fingerprint density at radius 3 is 2.36 bits per heavy atom. The van der Waals surface area contributed by atoms with Gasteiger partial charge in [-0.05, 0) is 55.3 Å². The minimum atomic E-state index is -0.678. The smallest absolute Gasteiger partial charge is 0.270 e.